The van der Waals surface area contributed by atoms with Crippen LogP contribution in [0.5, 0.6) is 5.75 Å². The van der Waals surface area contributed by atoms with Crippen LogP contribution in [-0.4, -0.2) is 16.2 Å². The Balaban J connectivity index is 2.10. The largest absolute Gasteiger partial charge is 0.573 e. The van der Waals surface area contributed by atoms with E-state index in [0.29, 0.717) is 12.0 Å². The van der Waals surface area contributed by atoms with E-state index in [0.717, 1.165) is 17.3 Å². The SMILES string of the molecule is N#C/C(=C\c1cc(C#N)ccc1OC(F)(F)F)c1c[nH]c2c1CC(Br)C=C2. The van der Waals surface area contributed by atoms with Gasteiger partial charge in [-0.25, -0.2) is 0 Å². The monoisotopic (exact) mass is 433 g/mol. The van der Waals surface area contributed by atoms with Crippen LogP contribution in [0.15, 0.2) is 30.5 Å². The molecule has 0 radical (unpaired) electrons. The van der Waals surface area contributed by atoms with Crippen molar-refractivity contribution < 1.29 is 17.9 Å². The summed E-state index contributed by atoms with van der Waals surface area (Å²) in [6.07, 6.45) is 2.54. The number of rotatable bonds is 3. The summed E-state index contributed by atoms with van der Waals surface area (Å²) in [7, 11) is 0. The summed E-state index contributed by atoms with van der Waals surface area (Å²) < 4.78 is 42.1. The molecule has 1 heterocycles. The van der Waals surface area contributed by atoms with E-state index in [-0.39, 0.29) is 21.5 Å². The summed E-state index contributed by atoms with van der Waals surface area (Å²) in [5.74, 6) is -0.475. The predicted molar refractivity (Wildman–Crippen MR) is 97.6 cm³/mol. The van der Waals surface area contributed by atoms with Crippen molar-refractivity contribution in [3.8, 4) is 17.9 Å². The Morgan fingerprint density at radius 2 is 2.11 bits per heavy atom. The standard InChI is InChI=1S/C19H11BrF3N3O/c20-14-2-3-17-15(7-14)16(10-26-17)13(9-25)6-12-5-11(8-24)1-4-18(12)27-19(21,22)23/h1-6,10,14,26H,7H2/b13-6+. The van der Waals surface area contributed by atoms with Crippen LogP contribution in [0, 0.1) is 22.7 Å². The molecule has 3 rings (SSSR count). The smallest absolute Gasteiger partial charge is 0.405 e. The highest BCUT2D eigenvalue weighted by atomic mass is 79.9. The lowest BCUT2D eigenvalue weighted by molar-refractivity contribution is -0.274. The van der Waals surface area contributed by atoms with Gasteiger partial charge < -0.3 is 9.72 Å². The molecule has 136 valence electrons. The number of fused-ring (bicyclic) bond motifs is 1. The van der Waals surface area contributed by atoms with Gasteiger partial charge in [-0.05, 0) is 42.3 Å². The molecule has 1 aromatic carbocycles. The Morgan fingerprint density at radius 1 is 1.33 bits per heavy atom. The second-order valence-electron chi connectivity index (χ2n) is 5.76. The van der Waals surface area contributed by atoms with E-state index in [4.69, 9.17) is 5.26 Å². The molecule has 4 nitrogen and oxygen atoms in total. The number of hydrogen-bond donors (Lipinski definition) is 1. The fourth-order valence-corrected chi connectivity index (χ4v) is 3.29. The van der Waals surface area contributed by atoms with Crippen molar-refractivity contribution in [1.82, 2.24) is 4.98 Å². The minimum Gasteiger partial charge on any atom is -0.405 e. The number of alkyl halides is 4. The molecule has 8 heteroatoms. The first-order valence-corrected chi connectivity index (χ1v) is 8.67. The highest BCUT2D eigenvalue weighted by Gasteiger charge is 2.32. The van der Waals surface area contributed by atoms with Gasteiger partial charge in [-0.15, -0.1) is 13.2 Å². The average Bonchev–Trinajstić information content (AvgIpc) is 3.02. The van der Waals surface area contributed by atoms with Gasteiger partial charge in [0.25, 0.3) is 0 Å². The lowest BCUT2D eigenvalue weighted by atomic mass is 9.95. The van der Waals surface area contributed by atoms with E-state index in [1.165, 1.54) is 18.2 Å². The summed E-state index contributed by atoms with van der Waals surface area (Å²) in [5.41, 5.74) is 2.67. The number of nitriles is 2. The van der Waals surface area contributed by atoms with Gasteiger partial charge in [0, 0.05) is 27.8 Å². The molecule has 0 aliphatic heterocycles. The first-order chi connectivity index (χ1) is 12.8. The third-order valence-corrected chi connectivity index (χ3v) is 4.60. The molecule has 0 bridgehead atoms. The number of benzene rings is 1. The summed E-state index contributed by atoms with van der Waals surface area (Å²) in [4.78, 5) is 3.16. The van der Waals surface area contributed by atoms with E-state index in [2.05, 4.69) is 25.7 Å². The molecule has 0 spiro atoms. The maximum Gasteiger partial charge on any atom is 0.573 e. The Hall–Kier alpha value is -2.97. The Bertz CT molecular complexity index is 1020. The Labute approximate surface area is 161 Å². The highest BCUT2D eigenvalue weighted by Crippen LogP contribution is 2.33. The third-order valence-electron chi connectivity index (χ3n) is 3.97. The van der Waals surface area contributed by atoms with E-state index in [9.17, 15) is 18.4 Å². The number of allylic oxidation sites excluding steroid dienone is 2. The first-order valence-electron chi connectivity index (χ1n) is 7.75. The molecule has 27 heavy (non-hydrogen) atoms. The van der Waals surface area contributed by atoms with Crippen molar-refractivity contribution >= 4 is 33.7 Å². The highest BCUT2D eigenvalue weighted by molar-refractivity contribution is 9.09. The molecule has 0 amide bonds. The topological polar surface area (TPSA) is 72.6 Å². The second-order valence-corrected chi connectivity index (χ2v) is 6.93. The molecule has 0 saturated heterocycles. The molecule has 1 N–H and O–H groups in total. The van der Waals surface area contributed by atoms with Crippen LogP contribution < -0.4 is 4.74 Å². The molecular weight excluding hydrogens is 423 g/mol. The summed E-state index contributed by atoms with van der Waals surface area (Å²) in [6, 6.07) is 7.44. The molecule has 1 aromatic heterocycles. The van der Waals surface area contributed by atoms with Crippen molar-refractivity contribution in [2.24, 2.45) is 0 Å². The Kier molecular flexibility index (Phi) is 5.11. The van der Waals surface area contributed by atoms with E-state index in [1.807, 2.05) is 24.3 Å². The van der Waals surface area contributed by atoms with Crippen molar-refractivity contribution in [3.63, 3.8) is 0 Å². The number of H-pyrrole nitrogens is 1. The summed E-state index contributed by atoms with van der Waals surface area (Å²) >= 11 is 3.49. The molecular formula is C19H11BrF3N3O. The van der Waals surface area contributed by atoms with Crippen molar-refractivity contribution in [2.45, 2.75) is 17.6 Å². The molecule has 1 aliphatic rings. The molecule has 0 saturated carbocycles. The normalized spacial score (nSPS) is 16.4. The number of ether oxygens (including phenoxy) is 1. The third kappa shape index (κ3) is 4.24. The number of halogens is 4. The van der Waals surface area contributed by atoms with Crippen LogP contribution in [0.4, 0.5) is 13.2 Å². The minimum atomic E-state index is -4.88. The van der Waals surface area contributed by atoms with Crippen LogP contribution in [-0.2, 0) is 6.42 Å². The maximum absolute atomic E-state index is 12.7. The van der Waals surface area contributed by atoms with Crippen molar-refractivity contribution in [1.29, 1.82) is 10.5 Å². The van der Waals surface area contributed by atoms with E-state index >= 15 is 0 Å². The molecule has 1 aliphatic carbocycles. The number of nitrogens with zero attached hydrogens (tertiary/aromatic N) is 2. The molecule has 0 fully saturated rings. The molecule has 1 atom stereocenters. The van der Waals surface area contributed by atoms with Gasteiger partial charge in [0.15, 0.2) is 0 Å². The quantitative estimate of drug-likeness (QED) is 0.535. The van der Waals surface area contributed by atoms with Crippen LogP contribution in [0.25, 0.3) is 17.7 Å². The lowest BCUT2D eigenvalue weighted by Gasteiger charge is -2.13. The van der Waals surface area contributed by atoms with Gasteiger partial charge in [-0.2, -0.15) is 10.5 Å². The maximum atomic E-state index is 12.7. The van der Waals surface area contributed by atoms with Gasteiger partial charge in [0.2, 0.25) is 0 Å². The van der Waals surface area contributed by atoms with Crippen LogP contribution >= 0.6 is 15.9 Å². The zero-order chi connectivity index (χ0) is 19.6. The van der Waals surface area contributed by atoms with Crippen LogP contribution in [0.1, 0.15) is 27.9 Å². The van der Waals surface area contributed by atoms with Crippen molar-refractivity contribution in [2.75, 3.05) is 0 Å². The Morgan fingerprint density at radius 3 is 2.78 bits per heavy atom. The van der Waals surface area contributed by atoms with Crippen molar-refractivity contribution in [3.05, 3.63) is 58.4 Å². The number of aromatic nitrogens is 1. The van der Waals surface area contributed by atoms with Gasteiger partial charge in [-0.3, -0.25) is 0 Å². The number of aromatic amines is 1. The lowest BCUT2D eigenvalue weighted by Crippen LogP contribution is -2.17. The summed E-state index contributed by atoms with van der Waals surface area (Å²) in [5, 5.41) is 18.6. The summed E-state index contributed by atoms with van der Waals surface area (Å²) in [6.45, 7) is 0. The minimum absolute atomic E-state index is 0.000353. The van der Waals surface area contributed by atoms with Gasteiger partial charge in [0.05, 0.1) is 23.3 Å². The fourth-order valence-electron chi connectivity index (χ4n) is 2.82. The van der Waals surface area contributed by atoms with Gasteiger partial charge in [-0.1, -0.05) is 22.0 Å². The molecule has 1 unspecified atom stereocenters. The fraction of sp³-hybridized carbons (Fsp3) is 0.158. The van der Waals surface area contributed by atoms with Gasteiger partial charge >= 0.3 is 6.36 Å². The van der Waals surface area contributed by atoms with E-state index in [1.54, 1.807) is 6.20 Å². The van der Waals surface area contributed by atoms with Crippen LogP contribution in [0.3, 0.4) is 0 Å². The molecule has 2 aromatic rings. The van der Waals surface area contributed by atoms with E-state index < -0.39 is 12.1 Å². The second kappa shape index (κ2) is 7.34. The number of nitrogens with one attached hydrogen (secondary N) is 1. The van der Waals surface area contributed by atoms with Gasteiger partial charge in [0.1, 0.15) is 5.75 Å². The average molecular weight is 434 g/mol. The zero-order valence-electron chi connectivity index (χ0n) is 13.6. The number of hydrogen-bond acceptors (Lipinski definition) is 3. The zero-order valence-corrected chi connectivity index (χ0v) is 15.2. The first kappa shape index (κ1) is 18.8. The predicted octanol–water partition coefficient (Wildman–Crippen LogP) is 5.18. The van der Waals surface area contributed by atoms with Crippen LogP contribution in [0.2, 0.25) is 0 Å².